The number of rotatable bonds is 2. The fourth-order valence-electron chi connectivity index (χ4n) is 0.849. The largest absolute Gasteiger partial charge is 0.494 e. The van der Waals surface area contributed by atoms with Crippen LogP contribution in [0.3, 0.4) is 0 Å². The molecule has 0 heterocycles. The van der Waals surface area contributed by atoms with Gasteiger partial charge in [-0.2, -0.15) is 5.10 Å². The third kappa shape index (κ3) is 1.72. The standard InChI is InChI=1S/C8H9FN2O/c1-12-8-3-2-6(5-11-10)4-7(8)9/h2-5H,10H2,1H3. The number of benzene rings is 1. The lowest BCUT2D eigenvalue weighted by Crippen LogP contribution is -1.91. The van der Waals surface area contributed by atoms with Crippen molar-refractivity contribution in [3.63, 3.8) is 0 Å². The third-order valence-electron chi connectivity index (χ3n) is 1.40. The molecule has 0 bridgehead atoms. The van der Waals surface area contributed by atoms with Crippen molar-refractivity contribution in [2.24, 2.45) is 10.9 Å². The molecular weight excluding hydrogens is 159 g/mol. The lowest BCUT2D eigenvalue weighted by molar-refractivity contribution is 0.386. The second kappa shape index (κ2) is 3.71. The first kappa shape index (κ1) is 8.52. The molecule has 0 aromatic heterocycles. The smallest absolute Gasteiger partial charge is 0.165 e. The van der Waals surface area contributed by atoms with Crippen LogP contribution in [-0.2, 0) is 0 Å². The Morgan fingerprint density at radius 3 is 2.83 bits per heavy atom. The van der Waals surface area contributed by atoms with Crippen LogP contribution in [0.25, 0.3) is 0 Å². The molecule has 1 aromatic rings. The van der Waals surface area contributed by atoms with Crippen LogP contribution in [0.4, 0.5) is 4.39 Å². The van der Waals surface area contributed by atoms with Crippen LogP contribution in [0.5, 0.6) is 5.75 Å². The molecule has 0 radical (unpaired) electrons. The number of hydrazone groups is 1. The zero-order chi connectivity index (χ0) is 8.97. The molecule has 3 nitrogen and oxygen atoms in total. The first-order valence-electron chi connectivity index (χ1n) is 3.34. The van der Waals surface area contributed by atoms with Gasteiger partial charge in [0, 0.05) is 0 Å². The van der Waals surface area contributed by atoms with Crippen molar-refractivity contribution in [1.29, 1.82) is 0 Å². The molecule has 0 atom stereocenters. The minimum atomic E-state index is -0.421. The van der Waals surface area contributed by atoms with E-state index in [1.165, 1.54) is 25.5 Å². The quantitative estimate of drug-likeness (QED) is 0.408. The highest BCUT2D eigenvalue weighted by Gasteiger charge is 2.00. The van der Waals surface area contributed by atoms with Gasteiger partial charge >= 0.3 is 0 Å². The molecule has 0 spiro atoms. The van der Waals surface area contributed by atoms with Gasteiger partial charge in [0.2, 0.25) is 0 Å². The lowest BCUT2D eigenvalue weighted by Gasteiger charge is -2.00. The second-order valence-corrected chi connectivity index (χ2v) is 2.17. The summed E-state index contributed by atoms with van der Waals surface area (Å²) >= 11 is 0. The van der Waals surface area contributed by atoms with Gasteiger partial charge < -0.3 is 10.6 Å². The predicted molar refractivity (Wildman–Crippen MR) is 44.7 cm³/mol. The molecule has 12 heavy (non-hydrogen) atoms. The van der Waals surface area contributed by atoms with Crippen molar-refractivity contribution in [2.45, 2.75) is 0 Å². The zero-order valence-electron chi connectivity index (χ0n) is 6.62. The van der Waals surface area contributed by atoms with Gasteiger partial charge in [0.1, 0.15) is 0 Å². The number of nitrogens with two attached hydrogens (primary N) is 1. The maximum absolute atomic E-state index is 12.9. The van der Waals surface area contributed by atoms with Gasteiger partial charge in [-0.1, -0.05) is 0 Å². The van der Waals surface area contributed by atoms with E-state index in [-0.39, 0.29) is 5.75 Å². The van der Waals surface area contributed by atoms with Gasteiger partial charge in [0.15, 0.2) is 11.6 Å². The summed E-state index contributed by atoms with van der Waals surface area (Å²) in [6, 6.07) is 4.49. The molecule has 0 saturated carbocycles. The Kier molecular flexibility index (Phi) is 2.63. The molecule has 0 fully saturated rings. The molecule has 2 N–H and O–H groups in total. The normalized spacial score (nSPS) is 10.5. The first-order chi connectivity index (χ1) is 5.77. The van der Waals surface area contributed by atoms with Gasteiger partial charge in [-0.3, -0.25) is 0 Å². The van der Waals surface area contributed by atoms with Crippen LogP contribution in [0.1, 0.15) is 5.56 Å². The average Bonchev–Trinajstić information content (AvgIpc) is 2.05. The summed E-state index contributed by atoms with van der Waals surface area (Å²) in [6.45, 7) is 0. The van der Waals surface area contributed by atoms with E-state index in [0.29, 0.717) is 5.56 Å². The Morgan fingerprint density at radius 1 is 1.58 bits per heavy atom. The van der Waals surface area contributed by atoms with E-state index in [2.05, 4.69) is 5.10 Å². The van der Waals surface area contributed by atoms with Gasteiger partial charge in [0.25, 0.3) is 0 Å². The van der Waals surface area contributed by atoms with Crippen LogP contribution in [0.15, 0.2) is 23.3 Å². The van der Waals surface area contributed by atoms with Crippen molar-refractivity contribution >= 4 is 6.21 Å². The maximum Gasteiger partial charge on any atom is 0.165 e. The molecule has 0 amide bonds. The Morgan fingerprint density at radius 2 is 2.33 bits per heavy atom. The number of hydrogen-bond donors (Lipinski definition) is 1. The molecule has 0 aliphatic heterocycles. The first-order valence-corrected chi connectivity index (χ1v) is 3.34. The highest BCUT2D eigenvalue weighted by atomic mass is 19.1. The van der Waals surface area contributed by atoms with Gasteiger partial charge in [-0.25, -0.2) is 4.39 Å². The lowest BCUT2D eigenvalue weighted by atomic mass is 10.2. The number of ether oxygens (including phenoxy) is 1. The Labute approximate surface area is 69.6 Å². The van der Waals surface area contributed by atoms with Crippen molar-refractivity contribution in [3.05, 3.63) is 29.6 Å². The number of hydrogen-bond acceptors (Lipinski definition) is 3. The molecule has 0 aliphatic rings. The van der Waals surface area contributed by atoms with Crippen molar-refractivity contribution in [3.8, 4) is 5.75 Å². The third-order valence-corrected chi connectivity index (χ3v) is 1.40. The molecule has 64 valence electrons. The molecular formula is C8H9FN2O. The summed E-state index contributed by atoms with van der Waals surface area (Å²) in [5, 5.41) is 3.27. The molecule has 0 unspecified atom stereocenters. The second-order valence-electron chi connectivity index (χ2n) is 2.17. The number of methoxy groups -OCH3 is 1. The van der Waals surface area contributed by atoms with Crippen LogP contribution in [0.2, 0.25) is 0 Å². The Balaban J connectivity index is 3.01. The van der Waals surface area contributed by atoms with E-state index in [1.807, 2.05) is 0 Å². The van der Waals surface area contributed by atoms with E-state index in [9.17, 15) is 4.39 Å². The van der Waals surface area contributed by atoms with E-state index in [4.69, 9.17) is 10.6 Å². The molecule has 4 heteroatoms. The van der Waals surface area contributed by atoms with Gasteiger partial charge in [-0.05, 0) is 23.8 Å². The van der Waals surface area contributed by atoms with Crippen molar-refractivity contribution in [2.75, 3.05) is 7.11 Å². The fraction of sp³-hybridized carbons (Fsp3) is 0.125. The zero-order valence-corrected chi connectivity index (χ0v) is 6.62. The summed E-state index contributed by atoms with van der Waals surface area (Å²) in [5.74, 6) is 4.69. The van der Waals surface area contributed by atoms with E-state index >= 15 is 0 Å². The Bertz CT molecular complexity index is 299. The van der Waals surface area contributed by atoms with Gasteiger partial charge in [0.05, 0.1) is 13.3 Å². The number of halogens is 1. The van der Waals surface area contributed by atoms with Crippen molar-refractivity contribution < 1.29 is 9.13 Å². The topological polar surface area (TPSA) is 47.6 Å². The van der Waals surface area contributed by atoms with Crippen LogP contribution >= 0.6 is 0 Å². The monoisotopic (exact) mass is 168 g/mol. The molecule has 0 aliphatic carbocycles. The summed E-state index contributed by atoms with van der Waals surface area (Å²) < 4.78 is 17.7. The minimum Gasteiger partial charge on any atom is -0.494 e. The summed E-state index contributed by atoms with van der Waals surface area (Å²) in [4.78, 5) is 0. The highest BCUT2D eigenvalue weighted by Crippen LogP contribution is 2.16. The van der Waals surface area contributed by atoms with Crippen molar-refractivity contribution in [1.82, 2.24) is 0 Å². The summed E-state index contributed by atoms with van der Waals surface area (Å²) in [6.07, 6.45) is 1.36. The number of nitrogens with zero attached hydrogens (tertiary/aromatic N) is 1. The molecule has 1 aromatic carbocycles. The van der Waals surface area contributed by atoms with Crippen LogP contribution < -0.4 is 10.6 Å². The van der Waals surface area contributed by atoms with E-state index < -0.39 is 5.82 Å². The average molecular weight is 168 g/mol. The van der Waals surface area contributed by atoms with E-state index in [1.54, 1.807) is 6.07 Å². The Hall–Kier alpha value is -1.58. The van der Waals surface area contributed by atoms with Crippen LogP contribution in [0, 0.1) is 5.82 Å². The minimum absolute atomic E-state index is 0.212. The molecule has 0 saturated heterocycles. The highest BCUT2D eigenvalue weighted by molar-refractivity contribution is 5.79. The summed E-state index contributed by atoms with van der Waals surface area (Å²) in [7, 11) is 1.41. The van der Waals surface area contributed by atoms with E-state index in [0.717, 1.165) is 0 Å². The van der Waals surface area contributed by atoms with Crippen LogP contribution in [-0.4, -0.2) is 13.3 Å². The summed E-state index contributed by atoms with van der Waals surface area (Å²) in [5.41, 5.74) is 0.607. The maximum atomic E-state index is 12.9. The molecule has 1 rings (SSSR count). The fourth-order valence-corrected chi connectivity index (χ4v) is 0.849. The predicted octanol–water partition coefficient (Wildman–Crippen LogP) is 1.13. The van der Waals surface area contributed by atoms with Gasteiger partial charge in [-0.15, -0.1) is 0 Å². The SMILES string of the molecule is COc1ccc(C=NN)cc1F.